The molecule has 7 nitrogen and oxygen atoms in total. The Morgan fingerprint density at radius 3 is 2.48 bits per heavy atom. The minimum atomic E-state index is -0.512. The van der Waals surface area contributed by atoms with Gasteiger partial charge in [0.25, 0.3) is 5.56 Å². The van der Waals surface area contributed by atoms with Gasteiger partial charge in [-0.05, 0) is 86.1 Å². The van der Waals surface area contributed by atoms with Gasteiger partial charge in [-0.1, -0.05) is 32.9 Å². The first kappa shape index (κ1) is 28.8. The van der Waals surface area contributed by atoms with Crippen LogP contribution in [0.25, 0.3) is 10.9 Å². The van der Waals surface area contributed by atoms with Crippen LogP contribution in [0.3, 0.4) is 0 Å². The van der Waals surface area contributed by atoms with Crippen molar-refractivity contribution in [3.05, 3.63) is 70.3 Å². The molecule has 2 N–H and O–H groups in total. The summed E-state index contributed by atoms with van der Waals surface area (Å²) in [5.74, 6) is 1.65. The largest absolute Gasteiger partial charge is 0.340 e. The summed E-state index contributed by atoms with van der Waals surface area (Å²) in [5.41, 5.74) is 1.66. The summed E-state index contributed by atoms with van der Waals surface area (Å²) in [6, 6.07) is 9.82. The number of nitrogens with zero attached hydrogens (tertiary/aromatic N) is 4. The third-order valence-electron chi connectivity index (χ3n) is 10.2. The van der Waals surface area contributed by atoms with E-state index in [1.807, 2.05) is 0 Å². The van der Waals surface area contributed by atoms with Crippen LogP contribution in [0.1, 0.15) is 53.0 Å². The van der Waals surface area contributed by atoms with E-state index in [2.05, 4.69) is 55.1 Å². The molecule has 6 atom stereocenters. The number of guanidine groups is 1. The highest BCUT2D eigenvalue weighted by molar-refractivity contribution is 5.96. The maximum atomic E-state index is 15.7. The van der Waals surface area contributed by atoms with Gasteiger partial charge in [-0.25, -0.2) is 18.8 Å². The number of benzene rings is 2. The van der Waals surface area contributed by atoms with Crippen LogP contribution in [0.2, 0.25) is 0 Å². The van der Waals surface area contributed by atoms with Crippen LogP contribution in [0, 0.1) is 34.8 Å². The first-order valence-electron chi connectivity index (χ1n) is 15.3. The molecule has 1 aromatic heterocycles. The zero-order valence-electron chi connectivity index (χ0n) is 25.2. The van der Waals surface area contributed by atoms with Crippen molar-refractivity contribution in [2.45, 2.75) is 78.6 Å². The zero-order chi connectivity index (χ0) is 29.8. The van der Waals surface area contributed by atoms with Crippen molar-refractivity contribution in [3.63, 3.8) is 0 Å². The minimum absolute atomic E-state index is 0.180. The van der Waals surface area contributed by atoms with Crippen molar-refractivity contribution in [2.24, 2.45) is 28.2 Å². The maximum absolute atomic E-state index is 15.7. The number of aromatic nitrogens is 2. The van der Waals surface area contributed by atoms with Crippen molar-refractivity contribution in [1.29, 1.82) is 0 Å². The standard InChI is InChI=1S/C33H42F2N6O/c1-19-16-41(17-20(2)37-19)32(38-28-13-23-12-26(21(28)3)33(23,4)5)39-30-15-29-25(14-27(30)35)31(42)40(18-36-29)11-10-22-6-8-24(34)9-7-22/h6-9,14-15,18-21,23,26,28,37H,10-13,16-17H2,1-5H3,(H,38,39)/t19-,20+,21-,23+,26-,28?/m0/s1. The lowest BCUT2D eigenvalue weighted by atomic mass is 9.45. The molecule has 3 saturated carbocycles. The molecule has 4 fully saturated rings. The lowest BCUT2D eigenvalue weighted by Gasteiger charge is -2.61. The normalized spacial score (nSPS) is 28.9. The molecule has 0 amide bonds. The first-order valence-corrected chi connectivity index (χ1v) is 15.3. The molecule has 224 valence electrons. The molecule has 0 spiro atoms. The second-order valence-electron chi connectivity index (χ2n) is 13.4. The number of nitrogens with one attached hydrogen (secondary N) is 2. The van der Waals surface area contributed by atoms with Crippen LogP contribution in [0.4, 0.5) is 14.5 Å². The third-order valence-corrected chi connectivity index (χ3v) is 10.2. The Bertz CT molecular complexity index is 1540. The summed E-state index contributed by atoms with van der Waals surface area (Å²) >= 11 is 0. The number of fused-ring (bicyclic) bond motifs is 3. The fourth-order valence-corrected chi connectivity index (χ4v) is 7.60. The van der Waals surface area contributed by atoms with Crippen molar-refractivity contribution in [1.82, 2.24) is 19.8 Å². The number of halogens is 2. The minimum Gasteiger partial charge on any atom is -0.340 e. The van der Waals surface area contributed by atoms with Gasteiger partial charge >= 0.3 is 0 Å². The molecule has 3 aliphatic carbocycles. The number of aliphatic imine (C=N–C) groups is 1. The highest BCUT2D eigenvalue weighted by atomic mass is 19.1. The van der Waals surface area contributed by atoms with E-state index in [1.54, 1.807) is 18.2 Å². The number of hydrogen-bond acceptors (Lipinski definition) is 4. The number of rotatable bonds is 5. The van der Waals surface area contributed by atoms with E-state index in [0.29, 0.717) is 47.6 Å². The van der Waals surface area contributed by atoms with E-state index in [9.17, 15) is 9.18 Å². The van der Waals surface area contributed by atoms with Crippen LogP contribution in [-0.4, -0.2) is 51.6 Å². The van der Waals surface area contributed by atoms with E-state index >= 15 is 4.39 Å². The molecule has 1 unspecified atom stereocenters. The van der Waals surface area contributed by atoms with Gasteiger partial charge in [-0.2, -0.15) is 0 Å². The second-order valence-corrected chi connectivity index (χ2v) is 13.4. The van der Waals surface area contributed by atoms with Crippen molar-refractivity contribution >= 4 is 22.5 Å². The Morgan fingerprint density at radius 2 is 1.81 bits per heavy atom. The zero-order valence-corrected chi connectivity index (χ0v) is 25.2. The molecule has 1 aliphatic heterocycles. The average molecular weight is 577 g/mol. The van der Waals surface area contributed by atoms with Gasteiger partial charge in [0, 0.05) is 31.7 Å². The SMILES string of the molecule is C[C@@H]1CN(C(=NC2C[C@H]3C[C@@H]([C@@H]2C)C3(C)C)Nc2cc3ncn(CCc4ccc(F)cc4)c(=O)c3cc2F)C[C@H](C)N1. The molecular weight excluding hydrogens is 534 g/mol. The smallest absolute Gasteiger partial charge is 0.261 e. The van der Waals surface area contributed by atoms with Gasteiger partial charge in [-0.15, -0.1) is 0 Å². The second kappa shape index (κ2) is 11.1. The Morgan fingerprint density at radius 1 is 1.10 bits per heavy atom. The Labute approximate surface area is 246 Å². The molecule has 9 heteroatoms. The van der Waals surface area contributed by atoms with Crippen LogP contribution < -0.4 is 16.2 Å². The van der Waals surface area contributed by atoms with Gasteiger partial charge in [0.05, 0.1) is 29.0 Å². The van der Waals surface area contributed by atoms with E-state index < -0.39 is 5.82 Å². The number of aryl methyl sites for hydroxylation is 2. The molecule has 2 heterocycles. The molecule has 0 radical (unpaired) electrons. The van der Waals surface area contributed by atoms with E-state index in [0.717, 1.165) is 25.1 Å². The lowest BCUT2D eigenvalue weighted by molar-refractivity contribution is -0.108. The maximum Gasteiger partial charge on any atom is 0.261 e. The summed E-state index contributed by atoms with van der Waals surface area (Å²) in [5, 5.41) is 7.15. The van der Waals surface area contributed by atoms with Gasteiger partial charge in [0.1, 0.15) is 11.6 Å². The molecular formula is C33H42F2N6O. The van der Waals surface area contributed by atoms with Crippen LogP contribution in [-0.2, 0) is 13.0 Å². The van der Waals surface area contributed by atoms with E-state index in [1.165, 1.54) is 35.5 Å². The summed E-state index contributed by atoms with van der Waals surface area (Å²) in [4.78, 5) is 25.3. The van der Waals surface area contributed by atoms with Gasteiger partial charge in [-0.3, -0.25) is 9.36 Å². The summed E-state index contributed by atoms with van der Waals surface area (Å²) < 4.78 is 30.4. The van der Waals surface area contributed by atoms with Crippen molar-refractivity contribution in [2.75, 3.05) is 18.4 Å². The predicted molar refractivity (Wildman–Crippen MR) is 164 cm³/mol. The van der Waals surface area contributed by atoms with Gasteiger partial charge in [0.2, 0.25) is 0 Å². The fraction of sp³-hybridized carbons (Fsp3) is 0.545. The molecule has 3 aromatic rings. The first-order chi connectivity index (χ1) is 20.0. The van der Waals surface area contributed by atoms with E-state index in [4.69, 9.17) is 4.99 Å². The molecule has 1 saturated heterocycles. The number of hydrogen-bond donors (Lipinski definition) is 2. The fourth-order valence-electron chi connectivity index (χ4n) is 7.60. The van der Waals surface area contributed by atoms with Crippen LogP contribution >= 0.6 is 0 Å². The topological polar surface area (TPSA) is 74.5 Å². The van der Waals surface area contributed by atoms with Crippen LogP contribution in [0.15, 0.2) is 52.5 Å². The van der Waals surface area contributed by atoms with E-state index in [-0.39, 0.29) is 40.6 Å². The number of piperazine rings is 1. The molecule has 2 bridgehead atoms. The highest BCUT2D eigenvalue weighted by Crippen LogP contribution is 2.61. The highest BCUT2D eigenvalue weighted by Gasteiger charge is 2.56. The molecule has 42 heavy (non-hydrogen) atoms. The molecule has 4 aliphatic rings. The summed E-state index contributed by atoms with van der Waals surface area (Å²) in [7, 11) is 0. The molecule has 2 aromatic carbocycles. The average Bonchev–Trinajstić information content (AvgIpc) is 2.94. The van der Waals surface area contributed by atoms with Crippen LogP contribution in [0.5, 0.6) is 0 Å². The Kier molecular flexibility index (Phi) is 7.58. The Balaban J connectivity index is 1.28. The quantitative estimate of drug-likeness (QED) is 0.313. The van der Waals surface area contributed by atoms with Gasteiger partial charge in [0.15, 0.2) is 5.96 Å². The summed E-state index contributed by atoms with van der Waals surface area (Å²) in [6.45, 7) is 13.3. The number of anilines is 1. The van der Waals surface area contributed by atoms with Gasteiger partial charge < -0.3 is 15.5 Å². The van der Waals surface area contributed by atoms with Crippen molar-refractivity contribution in [3.8, 4) is 0 Å². The molecule has 7 rings (SSSR count). The monoisotopic (exact) mass is 576 g/mol. The predicted octanol–water partition coefficient (Wildman–Crippen LogP) is 5.44. The van der Waals surface area contributed by atoms with Crippen molar-refractivity contribution < 1.29 is 8.78 Å². The third kappa shape index (κ3) is 5.43. The Hall–Kier alpha value is -3.33. The lowest BCUT2D eigenvalue weighted by Crippen LogP contribution is -2.59. The summed E-state index contributed by atoms with van der Waals surface area (Å²) in [6.07, 6.45) is 4.36.